The third-order valence-electron chi connectivity index (χ3n) is 2.84. The molecule has 0 unspecified atom stereocenters. The predicted octanol–water partition coefficient (Wildman–Crippen LogP) is 5.04. The van der Waals surface area contributed by atoms with E-state index in [9.17, 15) is 4.79 Å². The van der Waals surface area contributed by atoms with E-state index in [4.69, 9.17) is 0 Å². The van der Waals surface area contributed by atoms with Crippen LogP contribution in [-0.4, -0.2) is 5.78 Å². The standard InChI is InChI=1S/C15H15BrOS/c1-15(2,3)12-7-5-4-6-10(12)14(17)11-8-18-9-13(11)16/h4-9H,1-3H3. The van der Waals surface area contributed by atoms with Crippen molar-refractivity contribution in [1.82, 2.24) is 0 Å². The molecule has 94 valence electrons. The van der Waals surface area contributed by atoms with E-state index in [1.165, 1.54) is 11.3 Å². The lowest BCUT2D eigenvalue weighted by molar-refractivity contribution is 0.103. The monoisotopic (exact) mass is 322 g/mol. The molecular formula is C15H15BrOS. The third-order valence-corrected chi connectivity index (χ3v) is 4.54. The minimum Gasteiger partial charge on any atom is -0.289 e. The molecule has 1 aromatic carbocycles. The van der Waals surface area contributed by atoms with E-state index in [-0.39, 0.29) is 11.2 Å². The second-order valence-corrected chi connectivity index (χ2v) is 6.86. The number of carbonyl (C=O) groups excluding carboxylic acids is 1. The quantitative estimate of drug-likeness (QED) is 0.708. The Morgan fingerprint density at radius 3 is 2.33 bits per heavy atom. The normalized spacial score (nSPS) is 11.6. The molecular weight excluding hydrogens is 308 g/mol. The number of rotatable bonds is 2. The molecule has 0 amide bonds. The van der Waals surface area contributed by atoms with Crippen LogP contribution < -0.4 is 0 Å². The summed E-state index contributed by atoms with van der Waals surface area (Å²) in [5.74, 6) is 0.0913. The molecule has 0 aliphatic rings. The van der Waals surface area contributed by atoms with Gasteiger partial charge in [-0.15, -0.1) is 0 Å². The fraction of sp³-hybridized carbons (Fsp3) is 0.267. The van der Waals surface area contributed by atoms with Crippen LogP contribution >= 0.6 is 27.3 Å². The molecule has 0 N–H and O–H groups in total. The SMILES string of the molecule is CC(C)(C)c1ccccc1C(=O)c1cscc1Br. The number of hydrogen-bond acceptors (Lipinski definition) is 2. The fourth-order valence-corrected chi connectivity index (χ4v) is 3.38. The molecule has 0 fully saturated rings. The summed E-state index contributed by atoms with van der Waals surface area (Å²) in [5, 5.41) is 3.83. The molecule has 2 aromatic rings. The molecule has 0 saturated heterocycles. The Kier molecular flexibility index (Phi) is 3.74. The summed E-state index contributed by atoms with van der Waals surface area (Å²) in [5.41, 5.74) is 2.60. The Morgan fingerprint density at radius 2 is 1.78 bits per heavy atom. The van der Waals surface area contributed by atoms with Crippen LogP contribution in [0.15, 0.2) is 39.5 Å². The van der Waals surface area contributed by atoms with Gasteiger partial charge in [-0.2, -0.15) is 11.3 Å². The topological polar surface area (TPSA) is 17.1 Å². The van der Waals surface area contributed by atoms with Crippen molar-refractivity contribution in [1.29, 1.82) is 0 Å². The van der Waals surface area contributed by atoms with E-state index in [1.807, 2.05) is 35.0 Å². The third kappa shape index (κ3) is 2.57. The average Bonchev–Trinajstić information content (AvgIpc) is 2.73. The van der Waals surface area contributed by atoms with Crippen molar-refractivity contribution < 1.29 is 4.79 Å². The predicted molar refractivity (Wildman–Crippen MR) is 80.6 cm³/mol. The Hall–Kier alpha value is -0.930. The highest BCUT2D eigenvalue weighted by atomic mass is 79.9. The van der Waals surface area contributed by atoms with Crippen molar-refractivity contribution in [3.8, 4) is 0 Å². The van der Waals surface area contributed by atoms with Crippen LogP contribution in [0.5, 0.6) is 0 Å². The van der Waals surface area contributed by atoms with Crippen LogP contribution in [0.2, 0.25) is 0 Å². The lowest BCUT2D eigenvalue weighted by Gasteiger charge is -2.22. The van der Waals surface area contributed by atoms with Gasteiger partial charge in [0.2, 0.25) is 0 Å². The number of ketones is 1. The largest absolute Gasteiger partial charge is 0.289 e. The molecule has 0 aliphatic heterocycles. The zero-order chi connectivity index (χ0) is 13.3. The van der Waals surface area contributed by atoms with Gasteiger partial charge < -0.3 is 0 Å². The lowest BCUT2D eigenvalue weighted by Crippen LogP contribution is -2.17. The Bertz CT molecular complexity index is 578. The van der Waals surface area contributed by atoms with Crippen LogP contribution in [0.3, 0.4) is 0 Å². The van der Waals surface area contributed by atoms with Crippen molar-refractivity contribution in [2.75, 3.05) is 0 Å². The Labute approximate surface area is 120 Å². The summed E-state index contributed by atoms with van der Waals surface area (Å²) in [6, 6.07) is 7.85. The Balaban J connectivity index is 2.53. The molecule has 3 heteroatoms. The van der Waals surface area contributed by atoms with Gasteiger partial charge in [0.1, 0.15) is 0 Å². The van der Waals surface area contributed by atoms with Gasteiger partial charge in [0, 0.05) is 26.4 Å². The second-order valence-electron chi connectivity index (χ2n) is 5.26. The lowest BCUT2D eigenvalue weighted by atomic mass is 9.82. The van der Waals surface area contributed by atoms with Crippen LogP contribution in [0.1, 0.15) is 42.3 Å². The number of carbonyl (C=O) groups is 1. The van der Waals surface area contributed by atoms with Crippen molar-refractivity contribution in [2.24, 2.45) is 0 Å². The minimum absolute atomic E-state index is 0.0330. The molecule has 1 aromatic heterocycles. The van der Waals surface area contributed by atoms with Gasteiger partial charge in [0.05, 0.1) is 0 Å². The highest BCUT2D eigenvalue weighted by Gasteiger charge is 2.23. The van der Waals surface area contributed by atoms with Crippen LogP contribution in [0.4, 0.5) is 0 Å². The summed E-state index contributed by atoms with van der Waals surface area (Å²) in [7, 11) is 0. The number of hydrogen-bond donors (Lipinski definition) is 0. The maximum Gasteiger partial charge on any atom is 0.195 e. The Morgan fingerprint density at radius 1 is 1.11 bits per heavy atom. The van der Waals surface area contributed by atoms with Crippen molar-refractivity contribution in [3.05, 3.63) is 56.2 Å². The molecule has 0 aliphatic carbocycles. The average molecular weight is 323 g/mol. The van der Waals surface area contributed by atoms with Crippen molar-refractivity contribution >= 4 is 33.0 Å². The molecule has 1 nitrogen and oxygen atoms in total. The van der Waals surface area contributed by atoms with Crippen molar-refractivity contribution in [3.63, 3.8) is 0 Å². The summed E-state index contributed by atoms with van der Waals surface area (Å²) in [6.45, 7) is 6.38. The highest BCUT2D eigenvalue weighted by Crippen LogP contribution is 2.30. The smallest absolute Gasteiger partial charge is 0.195 e. The van der Waals surface area contributed by atoms with E-state index in [1.54, 1.807) is 0 Å². The molecule has 0 spiro atoms. The van der Waals surface area contributed by atoms with Gasteiger partial charge in [-0.1, -0.05) is 45.0 Å². The van der Waals surface area contributed by atoms with E-state index in [2.05, 4.69) is 36.7 Å². The fourth-order valence-electron chi connectivity index (χ4n) is 1.92. The summed E-state index contributed by atoms with van der Waals surface area (Å²) >= 11 is 4.96. The number of thiophene rings is 1. The number of benzene rings is 1. The first-order valence-corrected chi connectivity index (χ1v) is 7.51. The summed E-state index contributed by atoms with van der Waals surface area (Å²) in [6.07, 6.45) is 0. The van der Waals surface area contributed by atoms with Crippen molar-refractivity contribution in [2.45, 2.75) is 26.2 Å². The first-order valence-electron chi connectivity index (χ1n) is 5.77. The van der Waals surface area contributed by atoms with E-state index >= 15 is 0 Å². The molecule has 18 heavy (non-hydrogen) atoms. The zero-order valence-corrected chi connectivity index (χ0v) is 13.1. The van der Waals surface area contributed by atoms with Gasteiger partial charge >= 0.3 is 0 Å². The van der Waals surface area contributed by atoms with E-state index < -0.39 is 0 Å². The molecule has 1 heterocycles. The molecule has 0 atom stereocenters. The van der Waals surface area contributed by atoms with Gasteiger partial charge in [0.25, 0.3) is 0 Å². The van der Waals surface area contributed by atoms with Gasteiger partial charge in [-0.3, -0.25) is 4.79 Å². The van der Waals surface area contributed by atoms with Crippen LogP contribution in [0, 0.1) is 0 Å². The van der Waals surface area contributed by atoms with Crippen LogP contribution in [0.25, 0.3) is 0 Å². The van der Waals surface area contributed by atoms with Gasteiger partial charge in [-0.05, 0) is 26.9 Å². The molecule has 0 saturated carbocycles. The van der Waals surface area contributed by atoms with Crippen LogP contribution in [-0.2, 0) is 5.41 Å². The van der Waals surface area contributed by atoms with E-state index in [0.717, 1.165) is 21.2 Å². The van der Waals surface area contributed by atoms with Gasteiger partial charge in [-0.25, -0.2) is 0 Å². The first kappa shape index (κ1) is 13.5. The van der Waals surface area contributed by atoms with Gasteiger partial charge in [0.15, 0.2) is 5.78 Å². The second kappa shape index (κ2) is 4.98. The van der Waals surface area contributed by atoms with E-state index in [0.29, 0.717) is 0 Å². The maximum atomic E-state index is 12.6. The number of halogens is 1. The zero-order valence-electron chi connectivity index (χ0n) is 10.7. The minimum atomic E-state index is -0.0330. The molecule has 2 rings (SSSR count). The summed E-state index contributed by atoms with van der Waals surface area (Å²) in [4.78, 5) is 12.6. The summed E-state index contributed by atoms with van der Waals surface area (Å²) < 4.78 is 0.876. The molecule has 0 radical (unpaired) electrons. The highest BCUT2D eigenvalue weighted by molar-refractivity contribution is 9.10. The molecule has 0 bridgehead atoms. The maximum absolute atomic E-state index is 12.6. The first-order chi connectivity index (χ1) is 8.41.